The summed E-state index contributed by atoms with van der Waals surface area (Å²) in [7, 11) is 0. The first-order valence-electron chi connectivity index (χ1n) is 8.85. The van der Waals surface area contributed by atoms with E-state index >= 15 is 0 Å². The molecule has 0 bridgehead atoms. The molecule has 4 aromatic rings. The van der Waals surface area contributed by atoms with E-state index in [0.717, 1.165) is 22.4 Å². The number of hydrogen-bond acceptors (Lipinski definition) is 4. The molecule has 0 saturated carbocycles. The van der Waals surface area contributed by atoms with Crippen LogP contribution in [0.2, 0.25) is 5.02 Å². The molecule has 2 aromatic heterocycles. The fraction of sp³-hybridized carbons (Fsp3) is 0.136. The number of hydrogen-bond donors (Lipinski definition) is 0. The van der Waals surface area contributed by atoms with Crippen LogP contribution in [0.4, 0.5) is 0 Å². The molecule has 4 rings (SSSR count). The van der Waals surface area contributed by atoms with Crippen molar-refractivity contribution in [1.82, 2.24) is 14.5 Å². The minimum absolute atomic E-state index is 0.0935. The van der Waals surface area contributed by atoms with Gasteiger partial charge in [-0.15, -0.1) is 0 Å². The molecular weight excluding hydrogens is 390 g/mol. The van der Waals surface area contributed by atoms with Crippen molar-refractivity contribution in [3.8, 4) is 5.69 Å². The molecule has 0 aliphatic rings. The fourth-order valence-electron chi connectivity index (χ4n) is 3.06. The number of pyridine rings is 1. The van der Waals surface area contributed by atoms with E-state index < -0.39 is 0 Å². The molecule has 0 amide bonds. The number of aryl methyl sites for hydroxylation is 1. The van der Waals surface area contributed by atoms with Gasteiger partial charge in [0.1, 0.15) is 0 Å². The molecule has 0 saturated heterocycles. The zero-order valence-corrected chi connectivity index (χ0v) is 17.1. The molecule has 0 aliphatic carbocycles. The fourth-order valence-corrected chi connectivity index (χ4v) is 4.16. The largest absolute Gasteiger partial charge is 0.268 e. The maximum atomic E-state index is 13.4. The van der Waals surface area contributed by atoms with E-state index in [-0.39, 0.29) is 5.56 Å². The Balaban J connectivity index is 1.92. The van der Waals surface area contributed by atoms with Gasteiger partial charge in [-0.05, 0) is 60.9 Å². The average molecular weight is 408 g/mol. The zero-order chi connectivity index (χ0) is 19.7. The predicted octanol–water partition coefficient (Wildman–Crippen LogP) is 5.34. The van der Waals surface area contributed by atoms with E-state index in [2.05, 4.69) is 4.98 Å². The van der Waals surface area contributed by atoms with Crippen molar-refractivity contribution in [2.75, 3.05) is 0 Å². The number of nitrogens with zero attached hydrogens (tertiary/aromatic N) is 3. The maximum absolute atomic E-state index is 13.4. The normalized spacial score (nSPS) is 11.1. The molecular formula is C22H18ClN3OS. The third-order valence-electron chi connectivity index (χ3n) is 4.71. The Morgan fingerprint density at radius 2 is 1.96 bits per heavy atom. The molecule has 4 nitrogen and oxygen atoms in total. The molecule has 28 heavy (non-hydrogen) atoms. The lowest BCUT2D eigenvalue weighted by Gasteiger charge is -2.16. The summed E-state index contributed by atoms with van der Waals surface area (Å²) >= 11 is 7.65. The molecule has 2 heterocycles. The van der Waals surface area contributed by atoms with Gasteiger partial charge in [0.15, 0.2) is 5.16 Å². The highest BCUT2D eigenvalue weighted by molar-refractivity contribution is 7.98. The molecule has 2 aromatic carbocycles. The zero-order valence-electron chi connectivity index (χ0n) is 15.5. The highest BCUT2D eigenvalue weighted by atomic mass is 35.5. The third-order valence-corrected chi connectivity index (χ3v) is 5.95. The number of benzene rings is 2. The smallest absolute Gasteiger partial charge is 0.266 e. The summed E-state index contributed by atoms with van der Waals surface area (Å²) < 4.78 is 1.71. The summed E-state index contributed by atoms with van der Waals surface area (Å²) in [4.78, 5) is 22.3. The van der Waals surface area contributed by atoms with Gasteiger partial charge in [-0.2, -0.15) is 0 Å². The van der Waals surface area contributed by atoms with E-state index in [1.54, 1.807) is 29.0 Å². The number of fused-ring (bicyclic) bond motifs is 1. The van der Waals surface area contributed by atoms with Gasteiger partial charge in [-0.3, -0.25) is 14.3 Å². The first-order valence-corrected chi connectivity index (χ1v) is 10.2. The lowest BCUT2D eigenvalue weighted by atomic mass is 10.1. The van der Waals surface area contributed by atoms with Gasteiger partial charge in [-0.25, -0.2) is 4.98 Å². The lowest BCUT2D eigenvalue weighted by Crippen LogP contribution is -2.22. The van der Waals surface area contributed by atoms with Crippen molar-refractivity contribution in [3.63, 3.8) is 0 Å². The van der Waals surface area contributed by atoms with Crippen molar-refractivity contribution in [2.24, 2.45) is 0 Å². The number of rotatable bonds is 4. The van der Waals surface area contributed by atoms with Crippen LogP contribution in [-0.4, -0.2) is 14.5 Å². The minimum Gasteiger partial charge on any atom is -0.268 e. The second-order valence-electron chi connectivity index (χ2n) is 6.57. The first-order chi connectivity index (χ1) is 13.5. The van der Waals surface area contributed by atoms with Gasteiger partial charge in [0.05, 0.1) is 16.6 Å². The summed E-state index contributed by atoms with van der Waals surface area (Å²) in [5.74, 6) is 0.664. The molecule has 0 radical (unpaired) electrons. The Morgan fingerprint density at radius 1 is 1.11 bits per heavy atom. The second kappa shape index (κ2) is 7.78. The average Bonchev–Trinajstić information content (AvgIpc) is 2.70. The summed E-state index contributed by atoms with van der Waals surface area (Å²) in [5, 5.41) is 1.75. The van der Waals surface area contributed by atoms with Crippen LogP contribution in [0.15, 0.2) is 70.9 Å². The minimum atomic E-state index is -0.0935. The Bertz CT molecular complexity index is 1220. The van der Waals surface area contributed by atoms with Crippen LogP contribution in [0, 0.1) is 13.8 Å². The molecule has 0 aliphatic heterocycles. The van der Waals surface area contributed by atoms with Crippen molar-refractivity contribution in [2.45, 2.75) is 24.8 Å². The summed E-state index contributed by atoms with van der Waals surface area (Å²) in [5.41, 5.74) is 4.62. The Kier molecular flexibility index (Phi) is 5.20. The van der Waals surface area contributed by atoms with Gasteiger partial charge in [0.25, 0.3) is 5.56 Å². The van der Waals surface area contributed by atoms with E-state index in [4.69, 9.17) is 16.6 Å². The van der Waals surface area contributed by atoms with E-state index in [1.807, 2.05) is 50.4 Å². The molecule has 0 N–H and O–H groups in total. The topological polar surface area (TPSA) is 47.8 Å². The SMILES string of the molecule is Cc1cccc(-n2c(SCc3cccnc3)nc3cc(Cl)ccc3c2=O)c1C. The highest BCUT2D eigenvalue weighted by Gasteiger charge is 2.16. The second-order valence-corrected chi connectivity index (χ2v) is 7.94. The van der Waals surface area contributed by atoms with Gasteiger partial charge in [0, 0.05) is 23.2 Å². The van der Waals surface area contributed by atoms with Crippen LogP contribution in [0.25, 0.3) is 16.6 Å². The maximum Gasteiger partial charge on any atom is 0.266 e. The van der Waals surface area contributed by atoms with Crippen molar-refractivity contribution < 1.29 is 0 Å². The van der Waals surface area contributed by atoms with Crippen LogP contribution < -0.4 is 5.56 Å². The summed E-state index contributed by atoms with van der Waals surface area (Å²) in [6, 6.07) is 15.1. The van der Waals surface area contributed by atoms with Crippen LogP contribution in [0.5, 0.6) is 0 Å². The van der Waals surface area contributed by atoms with E-state index in [1.165, 1.54) is 11.8 Å². The first kappa shape index (κ1) is 18.7. The van der Waals surface area contributed by atoms with Gasteiger partial charge in [-0.1, -0.05) is 41.6 Å². The highest BCUT2D eigenvalue weighted by Crippen LogP contribution is 2.27. The van der Waals surface area contributed by atoms with Crippen LogP contribution in [0.3, 0.4) is 0 Å². The Labute approximate surface area is 172 Å². The Hall–Kier alpha value is -2.63. The van der Waals surface area contributed by atoms with Gasteiger partial charge >= 0.3 is 0 Å². The van der Waals surface area contributed by atoms with Gasteiger partial charge < -0.3 is 0 Å². The number of halogens is 1. The molecule has 0 atom stereocenters. The number of thioether (sulfide) groups is 1. The summed E-state index contributed by atoms with van der Waals surface area (Å²) in [6.45, 7) is 4.07. The standard InChI is InChI=1S/C22H18ClN3OS/c1-14-5-3-7-20(15(14)2)26-21(27)18-9-8-17(23)11-19(18)25-22(26)28-13-16-6-4-10-24-12-16/h3-12H,13H2,1-2H3. The predicted molar refractivity (Wildman–Crippen MR) is 116 cm³/mol. The van der Waals surface area contributed by atoms with E-state index in [9.17, 15) is 4.79 Å². The van der Waals surface area contributed by atoms with Crippen LogP contribution in [-0.2, 0) is 5.75 Å². The molecule has 140 valence electrons. The van der Waals surface area contributed by atoms with Crippen LogP contribution >= 0.6 is 23.4 Å². The van der Waals surface area contributed by atoms with Crippen molar-refractivity contribution in [1.29, 1.82) is 0 Å². The third kappa shape index (κ3) is 3.55. The molecule has 0 unspecified atom stereocenters. The molecule has 6 heteroatoms. The molecule has 0 fully saturated rings. The summed E-state index contributed by atoms with van der Waals surface area (Å²) in [6.07, 6.45) is 3.57. The monoisotopic (exact) mass is 407 g/mol. The van der Waals surface area contributed by atoms with E-state index in [0.29, 0.717) is 26.8 Å². The van der Waals surface area contributed by atoms with Crippen LogP contribution in [0.1, 0.15) is 16.7 Å². The Morgan fingerprint density at radius 3 is 2.75 bits per heavy atom. The molecule has 0 spiro atoms. The lowest BCUT2D eigenvalue weighted by molar-refractivity contribution is 0.813. The quantitative estimate of drug-likeness (QED) is 0.338. The van der Waals surface area contributed by atoms with Crippen molar-refractivity contribution in [3.05, 3.63) is 93.0 Å². The number of aromatic nitrogens is 3. The van der Waals surface area contributed by atoms with Crippen molar-refractivity contribution >= 4 is 34.3 Å². The van der Waals surface area contributed by atoms with Gasteiger partial charge in [0.2, 0.25) is 0 Å².